The lowest BCUT2D eigenvalue weighted by Crippen LogP contribution is -2.39. The van der Waals surface area contributed by atoms with Crippen LogP contribution in [0, 0.1) is 0 Å². The Kier molecular flexibility index (Phi) is 4.85. The molecule has 1 N–H and O–H groups in total. The fourth-order valence-corrected chi connectivity index (χ4v) is 1.67. The summed E-state index contributed by atoms with van der Waals surface area (Å²) in [5.41, 5.74) is 0.666. The van der Waals surface area contributed by atoms with Crippen LogP contribution in [0.4, 0.5) is 0 Å². The molecule has 0 aromatic heterocycles. The average molecular weight is 250 g/mol. The Morgan fingerprint density at radius 3 is 2.17 bits per heavy atom. The van der Waals surface area contributed by atoms with Gasteiger partial charge in [-0.3, -0.25) is 14.5 Å². The van der Waals surface area contributed by atoms with Gasteiger partial charge in [-0.05, 0) is 12.6 Å². The van der Waals surface area contributed by atoms with Crippen molar-refractivity contribution in [3.8, 4) is 0 Å². The molecule has 0 aliphatic carbocycles. The number of benzene rings is 1. The van der Waals surface area contributed by atoms with Crippen LogP contribution in [-0.4, -0.2) is 54.5 Å². The number of carboxylic acids is 1. The van der Waals surface area contributed by atoms with Crippen LogP contribution in [0.1, 0.15) is 11.6 Å². The molecule has 1 atom stereocenters. The quantitative estimate of drug-likeness (QED) is 0.841. The Bertz CT molecular complexity index is 418. The number of nitrogens with zero attached hydrogens (tertiary/aromatic N) is 2. The molecule has 0 radical (unpaired) electrons. The lowest BCUT2D eigenvalue weighted by atomic mass is 10.1. The first-order chi connectivity index (χ1) is 8.43. The van der Waals surface area contributed by atoms with Gasteiger partial charge in [0.05, 0.1) is 6.54 Å². The molecular weight excluding hydrogens is 232 g/mol. The van der Waals surface area contributed by atoms with Gasteiger partial charge < -0.3 is 10.0 Å². The van der Waals surface area contributed by atoms with E-state index in [1.165, 1.54) is 9.80 Å². The summed E-state index contributed by atoms with van der Waals surface area (Å²) in [6, 6.07) is 8.08. The van der Waals surface area contributed by atoms with Crippen molar-refractivity contribution in [2.75, 3.05) is 27.7 Å². The van der Waals surface area contributed by atoms with Gasteiger partial charge in [0.15, 0.2) is 0 Å². The third-order valence-electron chi connectivity index (χ3n) is 2.67. The number of amides is 1. The topological polar surface area (TPSA) is 60.9 Å². The van der Waals surface area contributed by atoms with Gasteiger partial charge in [-0.15, -0.1) is 0 Å². The molecule has 1 amide bonds. The Balaban J connectivity index is 2.87. The summed E-state index contributed by atoms with van der Waals surface area (Å²) in [5, 5.41) is 9.28. The Morgan fingerprint density at radius 2 is 1.72 bits per heavy atom. The zero-order valence-corrected chi connectivity index (χ0v) is 10.8. The predicted molar refractivity (Wildman–Crippen MR) is 68.1 cm³/mol. The van der Waals surface area contributed by atoms with Crippen molar-refractivity contribution in [2.45, 2.75) is 6.04 Å². The number of hydrogen-bond acceptors (Lipinski definition) is 3. The number of rotatable bonds is 5. The monoisotopic (exact) mass is 250 g/mol. The first kappa shape index (κ1) is 14.2. The van der Waals surface area contributed by atoms with E-state index in [0.29, 0.717) is 5.56 Å². The van der Waals surface area contributed by atoms with Crippen molar-refractivity contribution in [2.24, 2.45) is 0 Å². The SMILES string of the molecule is CN(C)C(=O)CN(C)C(C(=O)O)c1ccccc1. The number of carboxylic acid groups (broad SMARTS) is 1. The van der Waals surface area contributed by atoms with E-state index in [1.807, 2.05) is 6.07 Å². The molecule has 5 nitrogen and oxygen atoms in total. The maximum absolute atomic E-state index is 11.6. The van der Waals surface area contributed by atoms with E-state index in [1.54, 1.807) is 45.4 Å². The molecule has 0 fully saturated rings. The number of carbonyl (C=O) groups is 2. The van der Waals surface area contributed by atoms with Crippen LogP contribution >= 0.6 is 0 Å². The van der Waals surface area contributed by atoms with Crippen molar-refractivity contribution in [1.29, 1.82) is 0 Å². The third kappa shape index (κ3) is 3.56. The molecule has 18 heavy (non-hydrogen) atoms. The van der Waals surface area contributed by atoms with E-state index < -0.39 is 12.0 Å². The number of aliphatic carboxylic acids is 1. The molecule has 0 aliphatic heterocycles. The highest BCUT2D eigenvalue weighted by atomic mass is 16.4. The predicted octanol–water partition coefficient (Wildman–Crippen LogP) is 0.832. The summed E-state index contributed by atoms with van der Waals surface area (Å²) in [6.07, 6.45) is 0. The molecule has 1 aromatic rings. The highest BCUT2D eigenvalue weighted by Crippen LogP contribution is 2.19. The molecule has 1 rings (SSSR count). The molecule has 0 saturated carbocycles. The van der Waals surface area contributed by atoms with Crippen LogP contribution in [0.25, 0.3) is 0 Å². The summed E-state index contributed by atoms with van der Waals surface area (Å²) in [5.74, 6) is -1.09. The molecule has 1 unspecified atom stereocenters. The zero-order valence-electron chi connectivity index (χ0n) is 10.8. The van der Waals surface area contributed by atoms with Gasteiger partial charge >= 0.3 is 5.97 Å². The second-order valence-corrected chi connectivity index (χ2v) is 4.35. The van der Waals surface area contributed by atoms with Gasteiger partial charge in [-0.2, -0.15) is 0 Å². The van der Waals surface area contributed by atoms with Crippen molar-refractivity contribution in [3.63, 3.8) is 0 Å². The standard InChI is InChI=1S/C13H18N2O3/c1-14(2)11(16)9-15(3)12(13(17)18)10-7-5-4-6-8-10/h4-8,12H,9H2,1-3H3,(H,17,18). The van der Waals surface area contributed by atoms with Crippen LogP contribution in [0.3, 0.4) is 0 Å². The van der Waals surface area contributed by atoms with Crippen LogP contribution < -0.4 is 0 Å². The van der Waals surface area contributed by atoms with Gasteiger partial charge in [-0.25, -0.2) is 0 Å². The summed E-state index contributed by atoms with van der Waals surface area (Å²) in [4.78, 5) is 25.9. The van der Waals surface area contributed by atoms with E-state index in [9.17, 15) is 14.7 Å². The Hall–Kier alpha value is -1.88. The van der Waals surface area contributed by atoms with Crippen LogP contribution in [-0.2, 0) is 9.59 Å². The van der Waals surface area contributed by atoms with E-state index in [4.69, 9.17) is 0 Å². The molecule has 0 bridgehead atoms. The average Bonchev–Trinajstić information content (AvgIpc) is 2.29. The van der Waals surface area contributed by atoms with E-state index in [0.717, 1.165) is 0 Å². The molecule has 0 aliphatic rings. The Morgan fingerprint density at radius 1 is 1.17 bits per heavy atom. The Labute approximate surface area is 107 Å². The molecule has 0 saturated heterocycles. The van der Waals surface area contributed by atoms with Crippen molar-refractivity contribution in [3.05, 3.63) is 35.9 Å². The minimum Gasteiger partial charge on any atom is -0.480 e. The smallest absolute Gasteiger partial charge is 0.325 e. The van der Waals surface area contributed by atoms with Gasteiger partial charge in [0.1, 0.15) is 6.04 Å². The largest absolute Gasteiger partial charge is 0.480 e. The van der Waals surface area contributed by atoms with Gasteiger partial charge in [0, 0.05) is 14.1 Å². The highest BCUT2D eigenvalue weighted by molar-refractivity contribution is 5.80. The van der Waals surface area contributed by atoms with Gasteiger partial charge in [-0.1, -0.05) is 30.3 Å². The summed E-state index contributed by atoms with van der Waals surface area (Å²) in [6.45, 7) is 0.0683. The highest BCUT2D eigenvalue weighted by Gasteiger charge is 2.26. The fourth-order valence-electron chi connectivity index (χ4n) is 1.67. The third-order valence-corrected chi connectivity index (χ3v) is 2.67. The van der Waals surface area contributed by atoms with Crippen molar-refractivity contribution < 1.29 is 14.7 Å². The zero-order chi connectivity index (χ0) is 13.7. The minimum absolute atomic E-state index is 0.0683. The van der Waals surface area contributed by atoms with Crippen LogP contribution in [0.2, 0.25) is 0 Å². The lowest BCUT2D eigenvalue weighted by Gasteiger charge is -2.25. The van der Waals surface area contributed by atoms with Crippen molar-refractivity contribution >= 4 is 11.9 Å². The summed E-state index contributed by atoms with van der Waals surface area (Å²) in [7, 11) is 4.93. The van der Waals surface area contributed by atoms with Gasteiger partial charge in [0.2, 0.25) is 5.91 Å². The lowest BCUT2D eigenvalue weighted by molar-refractivity contribution is -0.144. The van der Waals surface area contributed by atoms with Crippen LogP contribution in [0.5, 0.6) is 0 Å². The second-order valence-electron chi connectivity index (χ2n) is 4.35. The minimum atomic E-state index is -0.963. The molecule has 98 valence electrons. The summed E-state index contributed by atoms with van der Waals surface area (Å²) < 4.78 is 0. The van der Waals surface area contributed by atoms with Crippen molar-refractivity contribution in [1.82, 2.24) is 9.80 Å². The maximum Gasteiger partial charge on any atom is 0.325 e. The van der Waals surface area contributed by atoms with E-state index in [-0.39, 0.29) is 12.5 Å². The fraction of sp³-hybridized carbons (Fsp3) is 0.385. The van der Waals surface area contributed by atoms with E-state index in [2.05, 4.69) is 0 Å². The maximum atomic E-state index is 11.6. The molecule has 0 heterocycles. The first-order valence-corrected chi connectivity index (χ1v) is 5.61. The van der Waals surface area contributed by atoms with Crippen LogP contribution in [0.15, 0.2) is 30.3 Å². The normalized spacial score (nSPS) is 12.2. The molecular formula is C13H18N2O3. The number of carbonyl (C=O) groups excluding carboxylic acids is 1. The molecule has 5 heteroatoms. The number of hydrogen-bond donors (Lipinski definition) is 1. The molecule has 1 aromatic carbocycles. The van der Waals surface area contributed by atoms with Gasteiger partial charge in [0.25, 0.3) is 0 Å². The summed E-state index contributed by atoms with van der Waals surface area (Å²) >= 11 is 0. The van der Waals surface area contributed by atoms with E-state index >= 15 is 0 Å². The first-order valence-electron chi connectivity index (χ1n) is 5.61. The molecule has 0 spiro atoms. The number of likely N-dealkylation sites (N-methyl/N-ethyl adjacent to an activating group) is 2. The second kappa shape index (κ2) is 6.16.